The molecule has 2 heterocycles. The number of rotatable bonds is 3. The standard InChI is InChI=1S/C13H18N2O3/c1-13(2)6-5-10(18-13)8-17-12(16)11-4-3-9(14)7-15-11/h3-4,7,10H,5-6,8,14H2,1-2H3. The molecule has 1 saturated heterocycles. The molecule has 0 aromatic carbocycles. The largest absolute Gasteiger partial charge is 0.458 e. The Hall–Kier alpha value is -1.62. The first-order valence-electron chi connectivity index (χ1n) is 6.03. The van der Waals surface area contributed by atoms with Crippen molar-refractivity contribution >= 4 is 11.7 Å². The summed E-state index contributed by atoms with van der Waals surface area (Å²) in [5.74, 6) is -0.441. The Bertz CT molecular complexity index is 428. The monoisotopic (exact) mass is 250 g/mol. The number of nitrogen functional groups attached to an aromatic ring is 1. The Morgan fingerprint density at radius 1 is 1.61 bits per heavy atom. The van der Waals surface area contributed by atoms with Crippen LogP contribution in [0, 0.1) is 0 Å². The van der Waals surface area contributed by atoms with Crippen LogP contribution in [-0.2, 0) is 9.47 Å². The molecule has 0 aliphatic carbocycles. The van der Waals surface area contributed by atoms with Crippen molar-refractivity contribution in [3.63, 3.8) is 0 Å². The van der Waals surface area contributed by atoms with Crippen molar-refractivity contribution in [1.29, 1.82) is 0 Å². The molecule has 0 saturated carbocycles. The number of esters is 1. The first-order chi connectivity index (χ1) is 8.46. The summed E-state index contributed by atoms with van der Waals surface area (Å²) in [5.41, 5.74) is 6.17. The summed E-state index contributed by atoms with van der Waals surface area (Å²) in [6, 6.07) is 3.18. The Morgan fingerprint density at radius 2 is 2.39 bits per heavy atom. The van der Waals surface area contributed by atoms with E-state index in [1.54, 1.807) is 12.1 Å². The van der Waals surface area contributed by atoms with Gasteiger partial charge < -0.3 is 15.2 Å². The number of anilines is 1. The lowest BCUT2D eigenvalue weighted by Crippen LogP contribution is -2.24. The van der Waals surface area contributed by atoms with Crippen molar-refractivity contribution < 1.29 is 14.3 Å². The third kappa shape index (κ3) is 3.20. The Morgan fingerprint density at radius 3 is 2.94 bits per heavy atom. The zero-order valence-corrected chi connectivity index (χ0v) is 10.7. The van der Waals surface area contributed by atoms with Crippen LogP contribution in [-0.4, -0.2) is 29.3 Å². The molecule has 1 aromatic rings. The molecule has 1 aromatic heterocycles. The van der Waals surface area contributed by atoms with Gasteiger partial charge in [0.1, 0.15) is 12.3 Å². The number of hydrogen-bond donors (Lipinski definition) is 1. The summed E-state index contributed by atoms with van der Waals surface area (Å²) in [7, 11) is 0. The van der Waals surface area contributed by atoms with Gasteiger partial charge in [-0.25, -0.2) is 9.78 Å². The zero-order valence-electron chi connectivity index (χ0n) is 10.7. The fourth-order valence-corrected chi connectivity index (χ4v) is 1.96. The highest BCUT2D eigenvalue weighted by molar-refractivity contribution is 5.87. The van der Waals surface area contributed by atoms with Crippen LogP contribution in [0.25, 0.3) is 0 Å². The number of hydrogen-bond acceptors (Lipinski definition) is 5. The van der Waals surface area contributed by atoms with Crippen LogP contribution in [0.3, 0.4) is 0 Å². The van der Waals surface area contributed by atoms with Crippen LogP contribution in [0.1, 0.15) is 37.2 Å². The molecule has 2 rings (SSSR count). The Kier molecular flexibility index (Phi) is 3.52. The summed E-state index contributed by atoms with van der Waals surface area (Å²) < 4.78 is 10.9. The average Bonchev–Trinajstić information content (AvgIpc) is 2.67. The molecule has 5 heteroatoms. The van der Waals surface area contributed by atoms with Gasteiger partial charge in [0.15, 0.2) is 0 Å². The van der Waals surface area contributed by atoms with Gasteiger partial charge in [0.25, 0.3) is 0 Å². The minimum absolute atomic E-state index is 0.0160. The van der Waals surface area contributed by atoms with Gasteiger partial charge in [0.2, 0.25) is 0 Å². The van der Waals surface area contributed by atoms with Crippen molar-refractivity contribution in [3.05, 3.63) is 24.0 Å². The van der Waals surface area contributed by atoms with Crippen molar-refractivity contribution in [2.75, 3.05) is 12.3 Å². The van der Waals surface area contributed by atoms with E-state index < -0.39 is 5.97 Å². The van der Waals surface area contributed by atoms with Crippen LogP contribution >= 0.6 is 0 Å². The Balaban J connectivity index is 1.84. The van der Waals surface area contributed by atoms with Crippen LogP contribution in [0.2, 0.25) is 0 Å². The van der Waals surface area contributed by atoms with Gasteiger partial charge in [-0.05, 0) is 38.8 Å². The van der Waals surface area contributed by atoms with Gasteiger partial charge in [0.05, 0.1) is 23.6 Å². The highest BCUT2D eigenvalue weighted by Gasteiger charge is 2.32. The summed E-state index contributed by atoms with van der Waals surface area (Å²) in [6.07, 6.45) is 3.31. The molecule has 1 fully saturated rings. The van der Waals surface area contributed by atoms with E-state index in [-0.39, 0.29) is 24.0 Å². The maximum absolute atomic E-state index is 11.7. The number of ether oxygens (including phenoxy) is 2. The van der Waals surface area contributed by atoms with Gasteiger partial charge in [-0.1, -0.05) is 0 Å². The molecule has 0 radical (unpaired) electrons. The van der Waals surface area contributed by atoms with E-state index in [0.29, 0.717) is 5.69 Å². The second-order valence-corrected chi connectivity index (χ2v) is 5.11. The summed E-state index contributed by atoms with van der Waals surface area (Å²) in [6.45, 7) is 4.35. The van der Waals surface area contributed by atoms with Gasteiger partial charge in [0, 0.05) is 0 Å². The highest BCUT2D eigenvalue weighted by Crippen LogP contribution is 2.29. The van der Waals surface area contributed by atoms with Gasteiger partial charge in [-0.2, -0.15) is 0 Å². The summed E-state index contributed by atoms with van der Waals surface area (Å²) in [5, 5.41) is 0. The minimum Gasteiger partial charge on any atom is -0.458 e. The van der Waals surface area contributed by atoms with E-state index in [0.717, 1.165) is 12.8 Å². The van der Waals surface area contributed by atoms with Gasteiger partial charge in [-0.15, -0.1) is 0 Å². The SMILES string of the molecule is CC1(C)CCC(COC(=O)c2ccc(N)cn2)O1. The maximum Gasteiger partial charge on any atom is 0.357 e. The van der Waals surface area contributed by atoms with Crippen molar-refractivity contribution in [2.45, 2.75) is 38.4 Å². The van der Waals surface area contributed by atoms with E-state index in [4.69, 9.17) is 15.2 Å². The van der Waals surface area contributed by atoms with Gasteiger partial charge >= 0.3 is 5.97 Å². The van der Waals surface area contributed by atoms with Crippen molar-refractivity contribution in [3.8, 4) is 0 Å². The molecule has 1 unspecified atom stereocenters. The van der Waals surface area contributed by atoms with Crippen LogP contribution in [0.4, 0.5) is 5.69 Å². The van der Waals surface area contributed by atoms with E-state index in [1.165, 1.54) is 6.20 Å². The smallest absolute Gasteiger partial charge is 0.357 e. The summed E-state index contributed by atoms with van der Waals surface area (Å²) in [4.78, 5) is 15.6. The lowest BCUT2D eigenvalue weighted by atomic mass is 10.1. The zero-order chi connectivity index (χ0) is 13.2. The maximum atomic E-state index is 11.7. The molecule has 1 atom stereocenters. The molecule has 1 aliphatic heterocycles. The molecule has 0 spiro atoms. The highest BCUT2D eigenvalue weighted by atomic mass is 16.6. The number of nitrogens with zero attached hydrogens (tertiary/aromatic N) is 1. The minimum atomic E-state index is -0.441. The molecule has 98 valence electrons. The second kappa shape index (κ2) is 4.94. The molecule has 5 nitrogen and oxygen atoms in total. The predicted molar refractivity (Wildman–Crippen MR) is 67.1 cm³/mol. The number of carbonyl (C=O) groups is 1. The first-order valence-corrected chi connectivity index (χ1v) is 6.03. The second-order valence-electron chi connectivity index (χ2n) is 5.11. The van der Waals surface area contributed by atoms with Crippen molar-refractivity contribution in [2.24, 2.45) is 0 Å². The molecular formula is C13H18N2O3. The normalized spacial score (nSPS) is 21.8. The van der Waals surface area contributed by atoms with Crippen LogP contribution in [0.5, 0.6) is 0 Å². The molecule has 0 amide bonds. The fraction of sp³-hybridized carbons (Fsp3) is 0.538. The van der Waals surface area contributed by atoms with E-state index in [1.807, 2.05) is 13.8 Å². The molecule has 0 bridgehead atoms. The van der Waals surface area contributed by atoms with Crippen LogP contribution in [0.15, 0.2) is 18.3 Å². The molecular weight excluding hydrogens is 232 g/mol. The Labute approximate surface area is 106 Å². The third-order valence-electron chi connectivity index (χ3n) is 2.95. The third-order valence-corrected chi connectivity index (χ3v) is 2.95. The average molecular weight is 250 g/mol. The molecule has 18 heavy (non-hydrogen) atoms. The molecule has 2 N–H and O–H groups in total. The number of pyridine rings is 1. The topological polar surface area (TPSA) is 74.4 Å². The van der Waals surface area contributed by atoms with E-state index in [2.05, 4.69) is 4.98 Å². The number of aromatic nitrogens is 1. The summed E-state index contributed by atoms with van der Waals surface area (Å²) >= 11 is 0. The van der Waals surface area contributed by atoms with E-state index in [9.17, 15) is 4.79 Å². The van der Waals surface area contributed by atoms with Crippen molar-refractivity contribution in [1.82, 2.24) is 4.98 Å². The van der Waals surface area contributed by atoms with Crippen LogP contribution < -0.4 is 5.73 Å². The lowest BCUT2D eigenvalue weighted by molar-refractivity contribution is -0.0446. The number of nitrogens with two attached hydrogens (primary N) is 1. The predicted octanol–water partition coefficient (Wildman–Crippen LogP) is 1.78. The quantitative estimate of drug-likeness (QED) is 0.828. The lowest BCUT2D eigenvalue weighted by Gasteiger charge is -2.18. The number of carbonyl (C=O) groups excluding carboxylic acids is 1. The van der Waals surface area contributed by atoms with E-state index >= 15 is 0 Å². The first kappa shape index (κ1) is 12.8. The molecule has 1 aliphatic rings. The fourth-order valence-electron chi connectivity index (χ4n) is 1.96. The van der Waals surface area contributed by atoms with Gasteiger partial charge in [-0.3, -0.25) is 0 Å².